The van der Waals surface area contributed by atoms with E-state index in [4.69, 9.17) is 11.1 Å². The van der Waals surface area contributed by atoms with Gasteiger partial charge in [0.1, 0.15) is 18.5 Å². The van der Waals surface area contributed by atoms with Gasteiger partial charge in [0.25, 0.3) is 0 Å². The molecule has 0 amide bonds. The van der Waals surface area contributed by atoms with Crippen LogP contribution in [-0.4, -0.2) is 20.6 Å². The van der Waals surface area contributed by atoms with Gasteiger partial charge < -0.3 is 5.73 Å². The van der Waals surface area contributed by atoms with Gasteiger partial charge in [0.05, 0.1) is 5.69 Å². The predicted molar refractivity (Wildman–Crippen MR) is 57.1 cm³/mol. The van der Waals surface area contributed by atoms with Crippen molar-refractivity contribution >= 4 is 5.84 Å². The maximum Gasteiger partial charge on any atom is 0.138 e. The fourth-order valence-electron chi connectivity index (χ4n) is 1.40. The van der Waals surface area contributed by atoms with E-state index in [0.29, 0.717) is 5.56 Å². The van der Waals surface area contributed by atoms with E-state index in [1.54, 1.807) is 11.0 Å². The van der Waals surface area contributed by atoms with Gasteiger partial charge in [-0.3, -0.25) is 5.41 Å². The highest BCUT2D eigenvalue weighted by Crippen LogP contribution is 2.14. The van der Waals surface area contributed by atoms with Crippen molar-refractivity contribution in [1.82, 2.24) is 14.8 Å². The van der Waals surface area contributed by atoms with Gasteiger partial charge in [-0.25, -0.2) is 9.67 Å². The number of nitrogens with zero attached hydrogens (tertiary/aromatic N) is 3. The molecule has 15 heavy (non-hydrogen) atoms. The van der Waals surface area contributed by atoms with E-state index < -0.39 is 0 Å². The maximum atomic E-state index is 7.49. The Labute approximate surface area is 87.1 Å². The summed E-state index contributed by atoms with van der Waals surface area (Å²) in [5, 5.41) is 11.5. The molecule has 1 heterocycles. The lowest BCUT2D eigenvalue weighted by atomic mass is 10.1. The van der Waals surface area contributed by atoms with Crippen LogP contribution >= 0.6 is 0 Å². The highest BCUT2D eigenvalue weighted by atomic mass is 15.3. The monoisotopic (exact) mass is 201 g/mol. The first-order valence-corrected chi connectivity index (χ1v) is 4.48. The van der Waals surface area contributed by atoms with Crippen molar-refractivity contribution in [2.24, 2.45) is 5.73 Å². The average Bonchev–Trinajstić information content (AvgIpc) is 2.70. The number of nitrogens with two attached hydrogens (primary N) is 1. The molecule has 0 saturated carbocycles. The number of nitrogens with one attached hydrogen (secondary N) is 1. The average molecular weight is 201 g/mol. The minimum absolute atomic E-state index is 0.0317. The number of rotatable bonds is 2. The van der Waals surface area contributed by atoms with Crippen LogP contribution < -0.4 is 5.73 Å². The first-order chi connectivity index (χ1) is 7.18. The summed E-state index contributed by atoms with van der Waals surface area (Å²) in [5.41, 5.74) is 8.01. The first-order valence-electron chi connectivity index (χ1n) is 4.48. The highest BCUT2D eigenvalue weighted by molar-refractivity contribution is 5.98. The van der Waals surface area contributed by atoms with Crippen molar-refractivity contribution in [3.8, 4) is 5.69 Å². The second-order valence-electron chi connectivity index (χ2n) is 3.27. The molecule has 5 heteroatoms. The summed E-state index contributed by atoms with van der Waals surface area (Å²) < 4.78 is 1.59. The first kappa shape index (κ1) is 9.39. The van der Waals surface area contributed by atoms with Crippen LogP contribution in [0.5, 0.6) is 0 Å². The van der Waals surface area contributed by atoms with E-state index >= 15 is 0 Å². The molecule has 0 fully saturated rings. The minimum Gasteiger partial charge on any atom is -0.384 e. The molecule has 0 aliphatic carbocycles. The summed E-state index contributed by atoms with van der Waals surface area (Å²) in [6.45, 7) is 1.96. The molecule has 2 rings (SSSR count). The highest BCUT2D eigenvalue weighted by Gasteiger charge is 2.07. The molecule has 0 bridgehead atoms. The molecule has 0 unspecified atom stereocenters. The molecule has 0 aliphatic heterocycles. The zero-order valence-electron chi connectivity index (χ0n) is 8.31. The summed E-state index contributed by atoms with van der Waals surface area (Å²) >= 11 is 0. The molecule has 2 aromatic rings. The van der Waals surface area contributed by atoms with Gasteiger partial charge >= 0.3 is 0 Å². The Morgan fingerprint density at radius 3 is 2.87 bits per heavy atom. The molecule has 0 atom stereocenters. The Bertz CT molecular complexity index is 487. The van der Waals surface area contributed by atoms with Gasteiger partial charge in [-0.05, 0) is 19.1 Å². The molecule has 0 aliphatic rings. The molecule has 0 saturated heterocycles. The Morgan fingerprint density at radius 1 is 1.47 bits per heavy atom. The second-order valence-corrected chi connectivity index (χ2v) is 3.27. The van der Waals surface area contributed by atoms with Crippen LogP contribution in [0, 0.1) is 12.3 Å². The predicted octanol–water partition coefficient (Wildman–Crippen LogP) is 0.860. The Morgan fingerprint density at radius 2 is 2.27 bits per heavy atom. The van der Waals surface area contributed by atoms with E-state index in [2.05, 4.69) is 10.1 Å². The number of amidine groups is 1. The minimum atomic E-state index is 0.0317. The van der Waals surface area contributed by atoms with E-state index in [0.717, 1.165) is 11.3 Å². The topological polar surface area (TPSA) is 80.6 Å². The van der Waals surface area contributed by atoms with Gasteiger partial charge in [0.15, 0.2) is 0 Å². The molecule has 76 valence electrons. The number of benzene rings is 1. The van der Waals surface area contributed by atoms with Gasteiger partial charge in [0, 0.05) is 5.56 Å². The fourth-order valence-corrected chi connectivity index (χ4v) is 1.40. The number of hydrogen-bond acceptors (Lipinski definition) is 3. The third-order valence-corrected chi connectivity index (χ3v) is 2.11. The summed E-state index contributed by atoms with van der Waals surface area (Å²) in [6.07, 6.45) is 3.03. The number of aryl methyl sites for hydroxylation is 1. The molecular weight excluding hydrogens is 190 g/mol. The van der Waals surface area contributed by atoms with E-state index in [1.165, 1.54) is 6.33 Å². The molecule has 3 N–H and O–H groups in total. The molecule has 0 spiro atoms. The zero-order valence-corrected chi connectivity index (χ0v) is 8.31. The quantitative estimate of drug-likeness (QED) is 0.558. The summed E-state index contributed by atoms with van der Waals surface area (Å²) in [5.74, 6) is 0.0317. The third-order valence-electron chi connectivity index (χ3n) is 2.11. The zero-order chi connectivity index (χ0) is 10.8. The van der Waals surface area contributed by atoms with Crippen LogP contribution in [0.15, 0.2) is 30.9 Å². The number of aromatic nitrogens is 3. The van der Waals surface area contributed by atoms with Crippen molar-refractivity contribution in [3.05, 3.63) is 42.0 Å². The van der Waals surface area contributed by atoms with Crippen LogP contribution in [0.25, 0.3) is 5.69 Å². The SMILES string of the molecule is Cc1ccc(-n2cncn2)c(C(=N)N)c1. The summed E-state index contributed by atoms with van der Waals surface area (Å²) in [4.78, 5) is 3.86. The van der Waals surface area contributed by atoms with Crippen molar-refractivity contribution in [2.45, 2.75) is 6.92 Å². The lowest BCUT2D eigenvalue weighted by molar-refractivity contribution is 0.875. The van der Waals surface area contributed by atoms with Crippen LogP contribution in [-0.2, 0) is 0 Å². The van der Waals surface area contributed by atoms with Crippen molar-refractivity contribution in [1.29, 1.82) is 5.41 Å². The van der Waals surface area contributed by atoms with Gasteiger partial charge in [-0.15, -0.1) is 0 Å². The maximum absolute atomic E-state index is 7.49. The standard InChI is InChI=1S/C10H11N5/c1-7-2-3-9(8(4-7)10(11)12)15-6-13-5-14-15/h2-6H,1H3,(H3,11,12). The molecular formula is C10H11N5. The van der Waals surface area contributed by atoms with Gasteiger partial charge in [-0.1, -0.05) is 11.6 Å². The van der Waals surface area contributed by atoms with Crippen molar-refractivity contribution in [2.75, 3.05) is 0 Å². The summed E-state index contributed by atoms with van der Waals surface area (Å²) in [6, 6.07) is 5.68. The molecule has 5 nitrogen and oxygen atoms in total. The fraction of sp³-hybridized carbons (Fsp3) is 0.100. The molecule has 1 aromatic heterocycles. The smallest absolute Gasteiger partial charge is 0.138 e. The van der Waals surface area contributed by atoms with Crippen LogP contribution in [0.3, 0.4) is 0 Å². The van der Waals surface area contributed by atoms with Crippen LogP contribution in [0.1, 0.15) is 11.1 Å². The normalized spacial score (nSPS) is 10.2. The van der Waals surface area contributed by atoms with E-state index in [-0.39, 0.29) is 5.84 Å². The largest absolute Gasteiger partial charge is 0.384 e. The van der Waals surface area contributed by atoms with Gasteiger partial charge in [0.2, 0.25) is 0 Å². The van der Waals surface area contributed by atoms with Crippen molar-refractivity contribution in [3.63, 3.8) is 0 Å². The molecule has 0 radical (unpaired) electrons. The Balaban J connectivity index is 2.61. The van der Waals surface area contributed by atoms with Crippen molar-refractivity contribution < 1.29 is 0 Å². The van der Waals surface area contributed by atoms with E-state index in [1.807, 2.05) is 25.1 Å². The Kier molecular flexibility index (Phi) is 2.21. The van der Waals surface area contributed by atoms with Gasteiger partial charge in [-0.2, -0.15) is 5.10 Å². The Hall–Kier alpha value is -2.17. The molecule has 1 aromatic carbocycles. The lowest BCUT2D eigenvalue weighted by Gasteiger charge is -2.08. The van der Waals surface area contributed by atoms with E-state index in [9.17, 15) is 0 Å². The third kappa shape index (κ3) is 1.71. The lowest BCUT2D eigenvalue weighted by Crippen LogP contribution is -2.15. The number of nitrogen functional groups attached to an aromatic ring is 1. The van der Waals surface area contributed by atoms with Crippen LogP contribution in [0.4, 0.5) is 0 Å². The van der Waals surface area contributed by atoms with Crippen LogP contribution in [0.2, 0.25) is 0 Å². The number of hydrogen-bond donors (Lipinski definition) is 2. The summed E-state index contributed by atoms with van der Waals surface area (Å²) in [7, 11) is 0. The second kappa shape index (κ2) is 3.53.